The molecule has 1 rings (SSSR count). The number of rotatable bonds is 10. The Bertz CT molecular complexity index is 360. The number of carbonyl (C=O) groups is 1. The highest BCUT2D eigenvalue weighted by atomic mass is 16.2. The van der Waals surface area contributed by atoms with Gasteiger partial charge < -0.3 is 5.73 Å². The Hall–Kier alpha value is -1.09. The molecule has 0 fully saturated rings. The van der Waals surface area contributed by atoms with Crippen LogP contribution in [0.1, 0.15) is 71.1 Å². The van der Waals surface area contributed by atoms with Crippen LogP contribution < -0.4 is 5.73 Å². The predicted molar refractivity (Wildman–Crippen MR) is 89.2 cm³/mol. The van der Waals surface area contributed by atoms with E-state index in [1.54, 1.807) is 11.1 Å². The summed E-state index contributed by atoms with van der Waals surface area (Å²) in [5, 5.41) is 0. The zero-order chi connectivity index (χ0) is 15.5. The summed E-state index contributed by atoms with van der Waals surface area (Å²) >= 11 is 0. The molecule has 0 aromatic carbocycles. The third-order valence-electron chi connectivity index (χ3n) is 4.02. The molecule has 1 heterocycles. The number of amides is 1. The third kappa shape index (κ3) is 6.94. The van der Waals surface area contributed by atoms with Crippen LogP contribution in [0.25, 0.3) is 0 Å². The van der Waals surface area contributed by atoms with Crippen LogP contribution in [0.4, 0.5) is 0 Å². The van der Waals surface area contributed by atoms with Gasteiger partial charge in [-0.15, -0.1) is 0 Å². The molecule has 0 aromatic rings. The summed E-state index contributed by atoms with van der Waals surface area (Å²) in [5.41, 5.74) is 6.75. The molecule has 0 aromatic heterocycles. The number of nitrogens with two attached hydrogens (primary N) is 1. The van der Waals surface area contributed by atoms with Crippen molar-refractivity contribution in [2.45, 2.75) is 77.3 Å². The van der Waals surface area contributed by atoms with E-state index in [-0.39, 0.29) is 12.1 Å². The van der Waals surface area contributed by atoms with Crippen molar-refractivity contribution in [1.82, 2.24) is 4.90 Å². The van der Waals surface area contributed by atoms with E-state index in [0.29, 0.717) is 6.42 Å². The molecular formula is C18H31N2O. The molecule has 3 nitrogen and oxygen atoms in total. The van der Waals surface area contributed by atoms with Crippen molar-refractivity contribution < 1.29 is 4.79 Å². The first-order valence-corrected chi connectivity index (χ1v) is 8.44. The summed E-state index contributed by atoms with van der Waals surface area (Å²) in [5.74, 6) is 0.107. The zero-order valence-corrected chi connectivity index (χ0v) is 13.5. The fraction of sp³-hybridized carbons (Fsp3) is 0.667. The van der Waals surface area contributed by atoms with E-state index in [4.69, 9.17) is 5.73 Å². The number of hydrogen-bond donors (Lipinski definition) is 1. The molecule has 1 aliphatic rings. The topological polar surface area (TPSA) is 46.3 Å². The van der Waals surface area contributed by atoms with Gasteiger partial charge in [0.15, 0.2) is 0 Å². The maximum atomic E-state index is 12.1. The number of allylic oxidation sites excluding steroid dienone is 2. The smallest absolute Gasteiger partial charge is 0.228 e. The van der Waals surface area contributed by atoms with Gasteiger partial charge in [-0.05, 0) is 25.0 Å². The number of unbranched alkanes of at least 4 members (excludes halogenated alkanes) is 8. The Morgan fingerprint density at radius 1 is 1.14 bits per heavy atom. The van der Waals surface area contributed by atoms with Crippen molar-refractivity contribution in [3.8, 4) is 0 Å². The largest absolute Gasteiger partial charge is 0.307 e. The van der Waals surface area contributed by atoms with Gasteiger partial charge in [0.1, 0.15) is 6.17 Å². The van der Waals surface area contributed by atoms with Crippen molar-refractivity contribution in [2.24, 2.45) is 5.73 Å². The van der Waals surface area contributed by atoms with Gasteiger partial charge in [-0.2, -0.15) is 0 Å². The summed E-state index contributed by atoms with van der Waals surface area (Å²) in [6.07, 6.45) is 17.0. The third-order valence-corrected chi connectivity index (χ3v) is 4.02. The molecule has 0 saturated carbocycles. The van der Waals surface area contributed by atoms with Crippen molar-refractivity contribution in [3.63, 3.8) is 0 Å². The summed E-state index contributed by atoms with van der Waals surface area (Å²) in [7, 11) is 0. The van der Waals surface area contributed by atoms with Crippen LogP contribution in [-0.4, -0.2) is 17.0 Å². The second-order valence-electron chi connectivity index (χ2n) is 5.91. The lowest BCUT2D eigenvalue weighted by Gasteiger charge is -2.28. The highest BCUT2D eigenvalue weighted by Gasteiger charge is 2.20. The average molecular weight is 291 g/mol. The first kappa shape index (κ1) is 18.0. The van der Waals surface area contributed by atoms with Gasteiger partial charge in [-0.3, -0.25) is 9.69 Å². The van der Waals surface area contributed by atoms with Crippen LogP contribution in [0.2, 0.25) is 0 Å². The molecule has 1 radical (unpaired) electrons. The molecule has 0 bridgehead atoms. The lowest BCUT2D eigenvalue weighted by Crippen LogP contribution is -2.44. The van der Waals surface area contributed by atoms with Crippen LogP contribution in [0, 0.1) is 6.92 Å². The second kappa shape index (κ2) is 10.6. The highest BCUT2D eigenvalue weighted by molar-refractivity contribution is 5.78. The standard InChI is InChI=1S/C18H31N2O/c1-3-4-5-6-7-8-9-10-11-14-17(21)20-15-12-13-16(2)18(20)19/h12-13,15,18H,2-11,14,19H2,1H3. The monoisotopic (exact) mass is 291 g/mol. The molecule has 119 valence electrons. The minimum atomic E-state index is -0.388. The van der Waals surface area contributed by atoms with E-state index in [1.807, 2.05) is 12.2 Å². The van der Waals surface area contributed by atoms with Crippen LogP contribution in [0.15, 0.2) is 23.9 Å². The number of carbonyl (C=O) groups excluding carboxylic acids is 1. The second-order valence-corrected chi connectivity index (χ2v) is 5.91. The first-order valence-electron chi connectivity index (χ1n) is 8.44. The van der Waals surface area contributed by atoms with E-state index in [9.17, 15) is 4.79 Å². The molecule has 2 N–H and O–H groups in total. The van der Waals surface area contributed by atoms with Gasteiger partial charge in [0.05, 0.1) is 0 Å². The Morgan fingerprint density at radius 2 is 1.71 bits per heavy atom. The average Bonchev–Trinajstić information content (AvgIpc) is 2.48. The van der Waals surface area contributed by atoms with Crippen LogP contribution in [0.3, 0.4) is 0 Å². The van der Waals surface area contributed by atoms with E-state index >= 15 is 0 Å². The zero-order valence-electron chi connectivity index (χ0n) is 13.5. The van der Waals surface area contributed by atoms with Crippen molar-refractivity contribution in [3.05, 3.63) is 30.8 Å². The summed E-state index contributed by atoms with van der Waals surface area (Å²) < 4.78 is 0. The predicted octanol–water partition coefficient (Wildman–Crippen LogP) is 4.31. The van der Waals surface area contributed by atoms with Gasteiger partial charge in [-0.1, -0.05) is 64.4 Å². The molecule has 3 heteroatoms. The number of hydrogen-bond acceptors (Lipinski definition) is 2. The molecular weight excluding hydrogens is 260 g/mol. The Balaban J connectivity index is 2.04. The lowest BCUT2D eigenvalue weighted by molar-refractivity contribution is -0.130. The molecule has 21 heavy (non-hydrogen) atoms. The summed E-state index contributed by atoms with van der Waals surface area (Å²) in [4.78, 5) is 13.7. The van der Waals surface area contributed by atoms with Crippen molar-refractivity contribution in [1.29, 1.82) is 0 Å². The maximum absolute atomic E-state index is 12.1. The van der Waals surface area contributed by atoms with E-state index in [0.717, 1.165) is 18.4 Å². The fourth-order valence-corrected chi connectivity index (χ4v) is 2.58. The van der Waals surface area contributed by atoms with Crippen molar-refractivity contribution in [2.75, 3.05) is 0 Å². The van der Waals surface area contributed by atoms with E-state index < -0.39 is 0 Å². The Kier molecular flexibility index (Phi) is 9.07. The SMILES string of the molecule is [CH2]C1=CC=CN(C(=O)CCCCCCCCCCC)C1N. The van der Waals surface area contributed by atoms with Crippen LogP contribution >= 0.6 is 0 Å². The Labute approximate surface area is 130 Å². The fourth-order valence-electron chi connectivity index (χ4n) is 2.58. The molecule has 0 saturated heterocycles. The summed E-state index contributed by atoms with van der Waals surface area (Å²) in [6.45, 7) is 6.10. The molecule has 0 aliphatic carbocycles. The molecule has 1 unspecified atom stereocenters. The molecule has 1 atom stereocenters. The minimum Gasteiger partial charge on any atom is -0.307 e. The highest BCUT2D eigenvalue weighted by Crippen LogP contribution is 2.15. The first-order chi connectivity index (χ1) is 10.2. The van der Waals surface area contributed by atoms with Gasteiger partial charge in [0.2, 0.25) is 5.91 Å². The maximum Gasteiger partial charge on any atom is 0.228 e. The molecule has 0 spiro atoms. The number of nitrogens with zero attached hydrogens (tertiary/aromatic N) is 1. The lowest BCUT2D eigenvalue weighted by atomic mass is 10.1. The van der Waals surface area contributed by atoms with E-state index in [2.05, 4.69) is 13.8 Å². The van der Waals surface area contributed by atoms with Crippen LogP contribution in [0.5, 0.6) is 0 Å². The molecule has 1 aliphatic heterocycles. The van der Waals surface area contributed by atoms with Crippen LogP contribution in [-0.2, 0) is 4.79 Å². The summed E-state index contributed by atoms with van der Waals surface area (Å²) in [6, 6.07) is 0. The normalized spacial score (nSPS) is 18.0. The van der Waals surface area contributed by atoms with Gasteiger partial charge in [-0.25, -0.2) is 0 Å². The van der Waals surface area contributed by atoms with Crippen molar-refractivity contribution >= 4 is 5.91 Å². The van der Waals surface area contributed by atoms with Gasteiger partial charge >= 0.3 is 0 Å². The minimum absolute atomic E-state index is 0.107. The Morgan fingerprint density at radius 3 is 2.33 bits per heavy atom. The van der Waals surface area contributed by atoms with Gasteiger partial charge in [0.25, 0.3) is 0 Å². The van der Waals surface area contributed by atoms with E-state index in [1.165, 1.54) is 44.9 Å². The molecule has 1 amide bonds. The van der Waals surface area contributed by atoms with Gasteiger partial charge in [0, 0.05) is 12.6 Å². The quantitative estimate of drug-likeness (QED) is 0.610.